The third-order valence-electron chi connectivity index (χ3n) is 11.3. The largest absolute Gasteiger partial charge is 0.258 e. The summed E-state index contributed by atoms with van der Waals surface area (Å²) >= 11 is 0. The predicted octanol–water partition coefficient (Wildman–Crippen LogP) is 12.6. The molecular weight excluding hydrogens is 693 g/mol. The van der Waals surface area contributed by atoms with Crippen molar-refractivity contribution in [3.63, 3.8) is 0 Å². The summed E-state index contributed by atoms with van der Waals surface area (Å²) in [5.74, 6) is 1.88. The summed E-state index contributed by atoms with van der Waals surface area (Å²) in [5.41, 5.74) is 16.1. The van der Waals surface area contributed by atoms with E-state index in [1.54, 1.807) is 0 Å². The maximum Gasteiger partial charge on any atom is 0.164 e. The third-order valence-corrected chi connectivity index (χ3v) is 11.3. The van der Waals surface area contributed by atoms with Crippen molar-refractivity contribution in [2.24, 2.45) is 0 Å². The number of hydrogen-bond donors (Lipinski definition) is 0. The maximum absolute atomic E-state index is 5.21. The van der Waals surface area contributed by atoms with Crippen molar-refractivity contribution >= 4 is 0 Å². The van der Waals surface area contributed by atoms with Gasteiger partial charge in [0.05, 0.1) is 5.41 Å². The molecule has 57 heavy (non-hydrogen) atoms. The molecule has 10 rings (SSSR count). The molecular formula is C53H38N4. The average Bonchev–Trinajstić information content (AvgIpc) is 3.58. The number of aromatic nitrogens is 4. The molecule has 270 valence electrons. The Labute approximate surface area is 333 Å². The van der Waals surface area contributed by atoms with Crippen molar-refractivity contribution in [1.82, 2.24) is 19.9 Å². The van der Waals surface area contributed by atoms with E-state index in [0.29, 0.717) is 17.5 Å². The number of benzene rings is 7. The van der Waals surface area contributed by atoms with Crippen LogP contribution in [0.4, 0.5) is 0 Å². The fourth-order valence-corrected chi connectivity index (χ4v) is 8.67. The molecule has 1 aliphatic rings. The molecule has 0 N–H and O–H groups in total. The quantitative estimate of drug-likeness (QED) is 0.164. The van der Waals surface area contributed by atoms with Crippen LogP contribution in [-0.2, 0) is 5.41 Å². The van der Waals surface area contributed by atoms with Crippen LogP contribution in [0.2, 0.25) is 0 Å². The smallest absolute Gasteiger partial charge is 0.164 e. The molecule has 0 radical (unpaired) electrons. The van der Waals surface area contributed by atoms with Crippen molar-refractivity contribution in [1.29, 1.82) is 0 Å². The molecule has 0 aliphatic heterocycles. The highest BCUT2D eigenvalue weighted by Gasteiger charge is 2.46. The second kappa shape index (κ2) is 14.1. The fourth-order valence-electron chi connectivity index (χ4n) is 8.67. The van der Waals surface area contributed by atoms with Crippen LogP contribution in [0.25, 0.3) is 67.5 Å². The number of rotatable bonds is 7. The number of nitrogens with zero attached hydrogens (tertiary/aromatic N) is 4. The first-order chi connectivity index (χ1) is 28.1. The second-order valence-corrected chi connectivity index (χ2v) is 14.7. The van der Waals surface area contributed by atoms with Crippen LogP contribution < -0.4 is 0 Å². The van der Waals surface area contributed by atoms with Gasteiger partial charge in [-0.3, -0.25) is 4.98 Å². The minimum atomic E-state index is -0.560. The van der Waals surface area contributed by atoms with E-state index in [2.05, 4.69) is 165 Å². The predicted molar refractivity (Wildman–Crippen MR) is 232 cm³/mol. The van der Waals surface area contributed by atoms with E-state index in [0.717, 1.165) is 50.3 Å². The van der Waals surface area contributed by atoms with E-state index in [9.17, 15) is 0 Å². The normalized spacial score (nSPS) is 12.5. The summed E-state index contributed by atoms with van der Waals surface area (Å²) in [6.45, 7) is 4.11. The summed E-state index contributed by atoms with van der Waals surface area (Å²) in [5, 5.41) is 0. The lowest BCUT2D eigenvalue weighted by molar-refractivity contribution is 0.769. The highest BCUT2D eigenvalue weighted by atomic mass is 15.0. The summed E-state index contributed by atoms with van der Waals surface area (Å²) < 4.78 is 0. The van der Waals surface area contributed by atoms with Crippen LogP contribution in [0, 0.1) is 13.8 Å². The van der Waals surface area contributed by atoms with E-state index in [-0.39, 0.29) is 0 Å². The molecule has 2 heterocycles. The Kier molecular flexibility index (Phi) is 8.45. The van der Waals surface area contributed by atoms with Gasteiger partial charge in [0, 0.05) is 33.6 Å². The molecule has 0 amide bonds. The third kappa shape index (κ3) is 5.85. The molecule has 0 atom stereocenters. The SMILES string of the molecule is Cc1ccc(-c2ccc(-c3cc(C4(c5ccccc5)c5ccccc5-c5ccccc54)ccc3-c3nc(-c4ccccc4)nc(-c4ccccc4)n3)cc2)c(C)n1. The van der Waals surface area contributed by atoms with Gasteiger partial charge in [-0.25, -0.2) is 15.0 Å². The van der Waals surface area contributed by atoms with E-state index in [1.807, 2.05) is 43.3 Å². The Morgan fingerprint density at radius 3 is 1.35 bits per heavy atom. The Balaban J connectivity index is 1.25. The van der Waals surface area contributed by atoms with Crippen LogP contribution >= 0.6 is 0 Å². The topological polar surface area (TPSA) is 51.6 Å². The summed E-state index contributed by atoms with van der Waals surface area (Å²) in [7, 11) is 0. The zero-order valence-electron chi connectivity index (χ0n) is 31.8. The van der Waals surface area contributed by atoms with Crippen LogP contribution in [0.1, 0.15) is 33.6 Å². The van der Waals surface area contributed by atoms with E-state index >= 15 is 0 Å². The number of aryl methyl sites for hydroxylation is 2. The zero-order valence-corrected chi connectivity index (χ0v) is 31.8. The standard InChI is InChI=1S/C53H38N4/c1-35-26-32-43(36(2)54-35)37-27-29-38(30-28-37)47-34-42(53(41-20-10-5-11-21-41)48-24-14-12-22-44(48)45-23-13-15-25-49(45)53)31-33-46(47)52-56-50(39-16-6-3-7-17-39)55-51(57-52)40-18-8-4-9-19-40/h3-34H,1-2H3. The van der Waals surface area contributed by atoms with Gasteiger partial charge in [-0.15, -0.1) is 0 Å². The highest BCUT2D eigenvalue weighted by molar-refractivity contribution is 5.89. The molecule has 0 spiro atoms. The van der Waals surface area contributed by atoms with Gasteiger partial charge in [-0.2, -0.15) is 0 Å². The Morgan fingerprint density at radius 1 is 0.316 bits per heavy atom. The number of pyridine rings is 1. The first kappa shape index (κ1) is 34.2. The summed E-state index contributed by atoms with van der Waals surface area (Å²) in [6, 6.07) is 69.0. The van der Waals surface area contributed by atoms with Gasteiger partial charge in [-0.05, 0) is 76.1 Å². The Morgan fingerprint density at radius 2 is 0.789 bits per heavy atom. The Bertz CT molecular complexity index is 2800. The minimum Gasteiger partial charge on any atom is -0.258 e. The minimum absolute atomic E-state index is 0.560. The lowest BCUT2D eigenvalue weighted by Crippen LogP contribution is -2.28. The van der Waals surface area contributed by atoms with Crippen LogP contribution in [0.5, 0.6) is 0 Å². The molecule has 4 heteroatoms. The van der Waals surface area contributed by atoms with E-state index < -0.39 is 5.41 Å². The van der Waals surface area contributed by atoms with E-state index in [4.69, 9.17) is 19.9 Å². The van der Waals surface area contributed by atoms with Gasteiger partial charge in [0.15, 0.2) is 17.5 Å². The first-order valence-corrected chi connectivity index (χ1v) is 19.4. The number of hydrogen-bond acceptors (Lipinski definition) is 4. The molecule has 2 aromatic heterocycles. The van der Waals surface area contributed by atoms with Gasteiger partial charge < -0.3 is 0 Å². The fraction of sp³-hybridized carbons (Fsp3) is 0.0566. The van der Waals surface area contributed by atoms with Crippen molar-refractivity contribution < 1.29 is 0 Å². The van der Waals surface area contributed by atoms with Crippen molar-refractivity contribution in [3.05, 3.63) is 228 Å². The average molecular weight is 731 g/mol. The van der Waals surface area contributed by atoms with Gasteiger partial charge in [0.25, 0.3) is 0 Å². The van der Waals surface area contributed by atoms with E-state index in [1.165, 1.54) is 33.4 Å². The van der Waals surface area contributed by atoms with Gasteiger partial charge in [-0.1, -0.05) is 182 Å². The van der Waals surface area contributed by atoms with Crippen molar-refractivity contribution in [2.45, 2.75) is 19.3 Å². The number of fused-ring (bicyclic) bond motifs is 3. The maximum atomic E-state index is 5.21. The van der Waals surface area contributed by atoms with Gasteiger partial charge >= 0.3 is 0 Å². The zero-order chi connectivity index (χ0) is 38.3. The second-order valence-electron chi connectivity index (χ2n) is 14.7. The lowest BCUT2D eigenvalue weighted by Gasteiger charge is -2.34. The summed E-state index contributed by atoms with van der Waals surface area (Å²) in [6.07, 6.45) is 0. The van der Waals surface area contributed by atoms with Crippen molar-refractivity contribution in [2.75, 3.05) is 0 Å². The first-order valence-electron chi connectivity index (χ1n) is 19.4. The van der Waals surface area contributed by atoms with Gasteiger partial charge in [0.1, 0.15) is 0 Å². The van der Waals surface area contributed by atoms with Gasteiger partial charge in [0.2, 0.25) is 0 Å². The van der Waals surface area contributed by atoms with Crippen LogP contribution in [0.15, 0.2) is 194 Å². The Hall–Kier alpha value is -7.30. The molecule has 0 saturated carbocycles. The lowest BCUT2D eigenvalue weighted by atomic mass is 9.67. The van der Waals surface area contributed by atoms with Crippen LogP contribution in [0.3, 0.4) is 0 Å². The summed E-state index contributed by atoms with van der Waals surface area (Å²) in [4.78, 5) is 20.2. The van der Waals surface area contributed by atoms with Crippen LogP contribution in [-0.4, -0.2) is 19.9 Å². The molecule has 0 fully saturated rings. The monoisotopic (exact) mass is 730 g/mol. The van der Waals surface area contributed by atoms with Crippen molar-refractivity contribution in [3.8, 4) is 67.5 Å². The molecule has 0 unspecified atom stereocenters. The molecule has 4 nitrogen and oxygen atoms in total. The molecule has 1 aliphatic carbocycles. The molecule has 0 saturated heterocycles. The highest BCUT2D eigenvalue weighted by Crippen LogP contribution is 2.56. The molecule has 9 aromatic rings. The molecule has 7 aromatic carbocycles. The molecule has 0 bridgehead atoms.